The zero-order valence-electron chi connectivity index (χ0n) is 9.77. The van der Waals surface area contributed by atoms with Gasteiger partial charge in [0.15, 0.2) is 0 Å². The Kier molecular flexibility index (Phi) is 4.57. The molecular formula is C14H20O. The van der Waals surface area contributed by atoms with Crippen molar-refractivity contribution in [2.75, 3.05) is 0 Å². The molecule has 1 rings (SSSR count). The zero-order chi connectivity index (χ0) is 11.3. The van der Waals surface area contributed by atoms with Gasteiger partial charge in [0.1, 0.15) is 0 Å². The van der Waals surface area contributed by atoms with Crippen molar-refractivity contribution in [1.82, 2.24) is 0 Å². The van der Waals surface area contributed by atoms with Crippen molar-refractivity contribution in [1.29, 1.82) is 0 Å². The number of hydrogen-bond donors (Lipinski definition) is 1. The van der Waals surface area contributed by atoms with Crippen molar-refractivity contribution in [3.8, 4) is 0 Å². The summed E-state index contributed by atoms with van der Waals surface area (Å²) < 4.78 is 0. The van der Waals surface area contributed by atoms with Crippen LogP contribution in [0.2, 0.25) is 0 Å². The molecular weight excluding hydrogens is 184 g/mol. The van der Waals surface area contributed by atoms with E-state index in [0.717, 1.165) is 17.6 Å². The SMILES string of the molecule is CC/C(=C\c1ccccc1)[C@H](O)C(C)C. The van der Waals surface area contributed by atoms with Crippen LogP contribution >= 0.6 is 0 Å². The van der Waals surface area contributed by atoms with E-state index in [2.05, 4.69) is 25.1 Å². The molecule has 0 aromatic heterocycles. The van der Waals surface area contributed by atoms with Gasteiger partial charge < -0.3 is 5.11 Å². The Hall–Kier alpha value is -1.08. The minimum atomic E-state index is -0.324. The van der Waals surface area contributed by atoms with E-state index in [1.807, 2.05) is 32.0 Å². The van der Waals surface area contributed by atoms with E-state index in [1.165, 1.54) is 0 Å². The van der Waals surface area contributed by atoms with Crippen LogP contribution in [0.1, 0.15) is 32.8 Å². The molecule has 0 aliphatic carbocycles. The second-order valence-corrected chi connectivity index (χ2v) is 4.17. The van der Waals surface area contributed by atoms with Crippen molar-refractivity contribution in [2.24, 2.45) is 5.92 Å². The van der Waals surface area contributed by atoms with Crippen molar-refractivity contribution >= 4 is 6.08 Å². The molecule has 15 heavy (non-hydrogen) atoms. The van der Waals surface area contributed by atoms with E-state index in [4.69, 9.17) is 0 Å². The third-order valence-corrected chi connectivity index (χ3v) is 2.57. The smallest absolute Gasteiger partial charge is 0.0776 e. The molecule has 0 heterocycles. The highest BCUT2D eigenvalue weighted by molar-refractivity contribution is 5.53. The maximum absolute atomic E-state index is 9.98. The highest BCUT2D eigenvalue weighted by atomic mass is 16.3. The van der Waals surface area contributed by atoms with Crippen molar-refractivity contribution in [3.05, 3.63) is 41.5 Å². The zero-order valence-corrected chi connectivity index (χ0v) is 9.77. The van der Waals surface area contributed by atoms with Crippen LogP contribution in [-0.2, 0) is 0 Å². The summed E-state index contributed by atoms with van der Waals surface area (Å²) in [6.45, 7) is 6.17. The summed E-state index contributed by atoms with van der Waals surface area (Å²) in [6, 6.07) is 10.1. The monoisotopic (exact) mass is 204 g/mol. The summed E-state index contributed by atoms with van der Waals surface area (Å²) in [5.41, 5.74) is 2.27. The molecule has 0 saturated carbocycles. The Morgan fingerprint density at radius 3 is 2.33 bits per heavy atom. The first-order valence-corrected chi connectivity index (χ1v) is 5.58. The van der Waals surface area contributed by atoms with E-state index in [1.54, 1.807) is 0 Å². The quantitative estimate of drug-likeness (QED) is 0.796. The summed E-state index contributed by atoms with van der Waals surface area (Å²) >= 11 is 0. The fourth-order valence-corrected chi connectivity index (χ4v) is 1.59. The van der Waals surface area contributed by atoms with Crippen LogP contribution in [0.3, 0.4) is 0 Å². The standard InChI is InChI=1S/C14H20O/c1-4-13(14(15)11(2)3)10-12-8-6-5-7-9-12/h5-11,14-15H,4H2,1-3H3/b13-10+/t14-/m1/s1. The largest absolute Gasteiger partial charge is 0.388 e. The molecule has 1 aromatic rings. The van der Waals surface area contributed by atoms with Gasteiger partial charge in [-0.25, -0.2) is 0 Å². The van der Waals surface area contributed by atoms with Gasteiger partial charge in [0.25, 0.3) is 0 Å². The van der Waals surface area contributed by atoms with Gasteiger partial charge in [-0.1, -0.05) is 57.2 Å². The molecule has 0 spiro atoms. The summed E-state index contributed by atoms with van der Waals surface area (Å²) in [7, 11) is 0. The van der Waals surface area contributed by atoms with Crippen LogP contribution in [-0.4, -0.2) is 11.2 Å². The van der Waals surface area contributed by atoms with Gasteiger partial charge in [0.2, 0.25) is 0 Å². The Labute approximate surface area is 92.5 Å². The van der Waals surface area contributed by atoms with E-state index in [-0.39, 0.29) is 12.0 Å². The predicted octanol–water partition coefficient (Wildman–Crippen LogP) is 3.50. The first-order valence-electron chi connectivity index (χ1n) is 5.58. The minimum absolute atomic E-state index is 0.278. The molecule has 0 fully saturated rings. The molecule has 1 nitrogen and oxygen atoms in total. The summed E-state index contributed by atoms with van der Waals surface area (Å²) in [5, 5.41) is 9.98. The number of rotatable bonds is 4. The van der Waals surface area contributed by atoms with Crippen molar-refractivity contribution in [2.45, 2.75) is 33.3 Å². The molecule has 0 radical (unpaired) electrons. The second kappa shape index (κ2) is 5.72. The summed E-state index contributed by atoms with van der Waals surface area (Å²) in [6.07, 6.45) is 2.66. The van der Waals surface area contributed by atoms with Crippen molar-refractivity contribution < 1.29 is 5.11 Å². The number of benzene rings is 1. The summed E-state index contributed by atoms with van der Waals surface area (Å²) in [4.78, 5) is 0. The molecule has 1 aromatic carbocycles. The third-order valence-electron chi connectivity index (χ3n) is 2.57. The predicted molar refractivity (Wildman–Crippen MR) is 65.6 cm³/mol. The Bertz CT molecular complexity index is 311. The van der Waals surface area contributed by atoms with E-state index in [0.29, 0.717) is 0 Å². The van der Waals surface area contributed by atoms with Gasteiger partial charge in [0.05, 0.1) is 6.10 Å². The lowest BCUT2D eigenvalue weighted by Crippen LogP contribution is -2.17. The molecule has 1 atom stereocenters. The lowest BCUT2D eigenvalue weighted by molar-refractivity contribution is 0.158. The molecule has 1 heteroatoms. The normalized spacial score (nSPS) is 14.3. The van der Waals surface area contributed by atoms with Gasteiger partial charge >= 0.3 is 0 Å². The number of hydrogen-bond acceptors (Lipinski definition) is 1. The molecule has 0 amide bonds. The van der Waals surface area contributed by atoms with Crippen LogP contribution in [0.25, 0.3) is 6.08 Å². The Morgan fingerprint density at radius 2 is 1.87 bits per heavy atom. The Morgan fingerprint density at radius 1 is 1.27 bits per heavy atom. The van der Waals surface area contributed by atoms with Crippen molar-refractivity contribution in [3.63, 3.8) is 0 Å². The number of aliphatic hydroxyl groups is 1. The molecule has 0 aliphatic heterocycles. The first kappa shape index (κ1) is 12.0. The minimum Gasteiger partial charge on any atom is -0.388 e. The lowest BCUT2D eigenvalue weighted by atomic mass is 9.95. The highest BCUT2D eigenvalue weighted by Crippen LogP contribution is 2.18. The third kappa shape index (κ3) is 3.52. The fourth-order valence-electron chi connectivity index (χ4n) is 1.59. The van der Waals surface area contributed by atoms with Gasteiger partial charge in [0, 0.05) is 0 Å². The van der Waals surface area contributed by atoms with E-state index < -0.39 is 0 Å². The van der Waals surface area contributed by atoms with Gasteiger partial charge in [-0.15, -0.1) is 0 Å². The molecule has 1 N–H and O–H groups in total. The van der Waals surface area contributed by atoms with Crippen LogP contribution in [0, 0.1) is 5.92 Å². The molecule has 0 saturated heterocycles. The molecule has 82 valence electrons. The molecule has 0 unspecified atom stereocenters. The van der Waals surface area contributed by atoms with Crippen LogP contribution in [0.4, 0.5) is 0 Å². The van der Waals surface area contributed by atoms with Crippen LogP contribution < -0.4 is 0 Å². The molecule has 0 bridgehead atoms. The maximum Gasteiger partial charge on any atom is 0.0776 e. The topological polar surface area (TPSA) is 20.2 Å². The van der Waals surface area contributed by atoms with Gasteiger partial charge in [-0.3, -0.25) is 0 Å². The second-order valence-electron chi connectivity index (χ2n) is 4.17. The highest BCUT2D eigenvalue weighted by Gasteiger charge is 2.12. The average Bonchev–Trinajstić information content (AvgIpc) is 2.26. The Balaban J connectivity index is 2.87. The van der Waals surface area contributed by atoms with Gasteiger partial charge in [-0.05, 0) is 23.5 Å². The van der Waals surface area contributed by atoms with E-state index in [9.17, 15) is 5.11 Å². The maximum atomic E-state index is 9.98. The molecule has 0 aliphatic rings. The summed E-state index contributed by atoms with van der Waals surface area (Å²) in [5.74, 6) is 0.278. The first-order chi connectivity index (χ1) is 7.15. The van der Waals surface area contributed by atoms with Crippen LogP contribution in [0.15, 0.2) is 35.9 Å². The van der Waals surface area contributed by atoms with E-state index >= 15 is 0 Å². The fraction of sp³-hybridized carbons (Fsp3) is 0.429. The van der Waals surface area contributed by atoms with Crippen LogP contribution in [0.5, 0.6) is 0 Å². The lowest BCUT2D eigenvalue weighted by Gasteiger charge is -2.17. The van der Waals surface area contributed by atoms with Gasteiger partial charge in [-0.2, -0.15) is 0 Å². The number of aliphatic hydroxyl groups excluding tert-OH is 1. The average molecular weight is 204 g/mol.